The largest absolute Gasteiger partial charge is 0.135 e. The van der Waals surface area contributed by atoms with E-state index in [2.05, 4.69) is 200 Å². The van der Waals surface area contributed by atoms with Crippen LogP contribution in [-0.2, 0) is 0 Å². The fourth-order valence-corrected chi connectivity index (χ4v) is 12.4. The van der Waals surface area contributed by atoms with Gasteiger partial charge in [0.15, 0.2) is 0 Å². The molecular weight excluding hydrogens is 688 g/mol. The molecule has 9 aromatic carbocycles. The predicted octanol–water partition coefficient (Wildman–Crippen LogP) is 13.6. The molecule has 11 rings (SSSR count). The van der Waals surface area contributed by atoms with Gasteiger partial charge in [-0.15, -0.1) is 11.3 Å². The van der Waals surface area contributed by atoms with Crippen LogP contribution in [0.3, 0.4) is 0 Å². The summed E-state index contributed by atoms with van der Waals surface area (Å²) in [6.45, 7) is 0. The van der Waals surface area contributed by atoms with Crippen LogP contribution < -0.4 is 15.9 Å². The second-order valence-corrected chi connectivity index (χ2v) is 17.3. The van der Waals surface area contributed by atoms with Gasteiger partial charge in [-0.25, -0.2) is 0 Å². The highest BCUT2D eigenvalue weighted by Crippen LogP contribution is 2.52. The Morgan fingerprint density at radius 3 is 1.48 bits per heavy atom. The topological polar surface area (TPSA) is 0 Å². The first-order valence-electron chi connectivity index (χ1n) is 18.5. The zero-order valence-corrected chi connectivity index (χ0v) is 31.1. The van der Waals surface area contributed by atoms with Crippen molar-refractivity contribution in [2.45, 2.75) is 0 Å². The first-order valence-corrected chi connectivity index (χ1v) is 20.7. The van der Waals surface area contributed by atoms with E-state index < -0.39 is 7.92 Å². The molecule has 0 saturated carbocycles. The third kappa shape index (κ3) is 5.01. The van der Waals surface area contributed by atoms with Crippen molar-refractivity contribution in [2.75, 3.05) is 0 Å². The average molecular weight is 721 g/mol. The summed E-state index contributed by atoms with van der Waals surface area (Å²) < 4.78 is 2.69. The maximum absolute atomic E-state index is 2.44. The van der Waals surface area contributed by atoms with Gasteiger partial charge in [0.1, 0.15) is 0 Å². The molecule has 0 N–H and O–H groups in total. The lowest BCUT2D eigenvalue weighted by molar-refractivity contribution is 1.64. The number of fused-ring (bicyclic) bond motifs is 7. The first kappa shape index (κ1) is 31.4. The minimum Gasteiger partial charge on any atom is -0.135 e. The van der Waals surface area contributed by atoms with Gasteiger partial charge in [-0.05, 0) is 102 Å². The molecule has 0 fully saturated rings. The van der Waals surface area contributed by atoms with Crippen molar-refractivity contribution in [2.24, 2.45) is 0 Å². The van der Waals surface area contributed by atoms with Crippen LogP contribution >= 0.6 is 19.3 Å². The first-order chi connectivity index (χ1) is 26.8. The Balaban J connectivity index is 1.04. The zero-order valence-electron chi connectivity index (χ0n) is 29.4. The molecule has 0 nitrogen and oxygen atoms in total. The highest BCUT2D eigenvalue weighted by atomic mass is 32.1. The van der Waals surface area contributed by atoms with Gasteiger partial charge in [0.25, 0.3) is 0 Å². The van der Waals surface area contributed by atoms with Crippen molar-refractivity contribution in [1.82, 2.24) is 0 Å². The minimum absolute atomic E-state index is 0.892. The predicted molar refractivity (Wildman–Crippen MR) is 236 cm³/mol. The van der Waals surface area contributed by atoms with Crippen molar-refractivity contribution in [3.63, 3.8) is 0 Å². The van der Waals surface area contributed by atoms with Crippen molar-refractivity contribution >= 4 is 66.1 Å². The van der Waals surface area contributed by atoms with E-state index in [9.17, 15) is 0 Å². The molecule has 54 heavy (non-hydrogen) atoms. The lowest BCUT2D eigenvalue weighted by Gasteiger charge is -2.25. The highest BCUT2D eigenvalue weighted by molar-refractivity contribution is 7.80. The Morgan fingerprint density at radius 1 is 0.296 bits per heavy atom. The summed E-state index contributed by atoms with van der Waals surface area (Å²) in [4.78, 5) is 0. The van der Waals surface area contributed by atoms with Crippen molar-refractivity contribution < 1.29 is 0 Å². The van der Waals surface area contributed by atoms with E-state index in [1.165, 1.54) is 102 Å². The normalized spacial score (nSPS) is 11.9. The van der Waals surface area contributed by atoms with Gasteiger partial charge in [-0.2, -0.15) is 0 Å². The summed E-state index contributed by atoms with van der Waals surface area (Å²) in [5.41, 5.74) is 13.0. The van der Waals surface area contributed by atoms with Gasteiger partial charge in [-0.1, -0.05) is 188 Å². The molecular formula is C52H33PS. The minimum atomic E-state index is -0.892. The average Bonchev–Trinajstić information content (AvgIpc) is 3.78. The summed E-state index contributed by atoms with van der Waals surface area (Å²) in [5, 5.41) is 9.55. The van der Waals surface area contributed by atoms with E-state index in [4.69, 9.17) is 0 Å². The molecule has 0 unspecified atom stereocenters. The van der Waals surface area contributed by atoms with Crippen LogP contribution in [-0.4, -0.2) is 0 Å². The Bertz CT molecular complexity index is 2950. The molecule has 252 valence electrons. The van der Waals surface area contributed by atoms with Crippen LogP contribution in [0.1, 0.15) is 0 Å². The van der Waals surface area contributed by atoms with E-state index in [-0.39, 0.29) is 0 Å². The quantitative estimate of drug-likeness (QED) is 0.150. The number of thiophene rings is 1. The molecule has 10 aromatic rings. The van der Waals surface area contributed by atoms with Gasteiger partial charge < -0.3 is 0 Å². The molecule has 0 atom stereocenters. The standard InChI is InChI=1S/C52H33PS/c1-3-14-35(15-4-1)39-18-9-11-24-47(39)53(48-25-12-10-19-40(48)36-16-5-2-6-17-36)38-29-26-34(27-30-38)37-28-31-44-49(32-37)54-50-33-46-42-21-8-7-20-41(42)43-22-13-23-45(51(43)46)52(44)50/h1-33H. The molecule has 0 radical (unpaired) electrons. The molecule has 1 heterocycles. The third-order valence-electron chi connectivity index (χ3n) is 11.0. The molecule has 0 bridgehead atoms. The van der Waals surface area contributed by atoms with E-state index in [0.717, 1.165) is 0 Å². The highest BCUT2D eigenvalue weighted by Gasteiger charge is 2.25. The molecule has 2 heteroatoms. The van der Waals surface area contributed by atoms with Crippen LogP contribution in [0.5, 0.6) is 0 Å². The monoisotopic (exact) mass is 720 g/mol. The van der Waals surface area contributed by atoms with E-state index in [1.807, 2.05) is 11.3 Å². The molecule has 0 saturated heterocycles. The molecule has 0 spiro atoms. The lowest BCUT2D eigenvalue weighted by atomic mass is 9.97. The van der Waals surface area contributed by atoms with E-state index in [1.54, 1.807) is 0 Å². The van der Waals surface area contributed by atoms with Gasteiger partial charge in [-0.3, -0.25) is 0 Å². The summed E-state index contributed by atoms with van der Waals surface area (Å²) in [7, 11) is -0.892. The van der Waals surface area contributed by atoms with Gasteiger partial charge >= 0.3 is 0 Å². The van der Waals surface area contributed by atoms with Gasteiger partial charge in [0, 0.05) is 20.2 Å². The smallest absolute Gasteiger partial charge is 0.0368 e. The van der Waals surface area contributed by atoms with Crippen LogP contribution in [0.4, 0.5) is 0 Å². The van der Waals surface area contributed by atoms with E-state index >= 15 is 0 Å². The lowest BCUT2D eigenvalue weighted by Crippen LogP contribution is -2.23. The molecule has 1 aromatic heterocycles. The number of rotatable bonds is 6. The maximum atomic E-state index is 2.44. The van der Waals surface area contributed by atoms with Crippen molar-refractivity contribution in [1.29, 1.82) is 0 Å². The summed E-state index contributed by atoms with van der Waals surface area (Å²) in [5.74, 6) is 0. The van der Waals surface area contributed by atoms with Crippen molar-refractivity contribution in [3.8, 4) is 55.6 Å². The molecule has 1 aliphatic carbocycles. The fraction of sp³-hybridized carbons (Fsp3) is 0. The Morgan fingerprint density at radius 2 is 0.833 bits per heavy atom. The Hall–Kier alpha value is -6.11. The summed E-state index contributed by atoms with van der Waals surface area (Å²) >= 11 is 1.92. The van der Waals surface area contributed by atoms with E-state index in [0.29, 0.717) is 0 Å². The SMILES string of the molecule is c1ccc(-c2ccccc2P(c2ccc(-c3ccc4c(c3)sc3cc5c6c(cccc6c34)-c3ccccc3-5)cc2)c2ccccc2-c2ccccc2)cc1. The molecule has 0 aliphatic heterocycles. The third-order valence-corrected chi connectivity index (χ3v) is 14.7. The van der Waals surface area contributed by atoms with Crippen LogP contribution in [0.15, 0.2) is 200 Å². The Kier molecular flexibility index (Phi) is 7.44. The van der Waals surface area contributed by atoms with Crippen molar-refractivity contribution in [3.05, 3.63) is 200 Å². The molecule has 1 aliphatic rings. The zero-order chi connectivity index (χ0) is 35.6. The number of hydrogen-bond acceptors (Lipinski definition) is 1. The second kappa shape index (κ2) is 12.8. The number of benzene rings is 9. The Labute approximate surface area is 320 Å². The van der Waals surface area contributed by atoms with Crippen LogP contribution in [0.25, 0.3) is 86.6 Å². The second-order valence-electron chi connectivity index (χ2n) is 14.0. The summed E-state index contributed by atoms with van der Waals surface area (Å²) in [6, 6.07) is 74.3. The maximum Gasteiger partial charge on any atom is 0.0368 e. The van der Waals surface area contributed by atoms with Crippen LogP contribution in [0, 0.1) is 0 Å². The molecule has 0 amide bonds. The van der Waals surface area contributed by atoms with Gasteiger partial charge in [0.05, 0.1) is 0 Å². The summed E-state index contributed by atoms with van der Waals surface area (Å²) in [6.07, 6.45) is 0. The fourth-order valence-electron chi connectivity index (χ4n) is 8.59. The van der Waals surface area contributed by atoms with Gasteiger partial charge in [0.2, 0.25) is 0 Å². The number of hydrogen-bond donors (Lipinski definition) is 0. The van der Waals surface area contributed by atoms with Crippen LogP contribution in [0.2, 0.25) is 0 Å².